The summed E-state index contributed by atoms with van der Waals surface area (Å²) in [6.45, 7) is 7.80. The number of rotatable bonds is 19. The summed E-state index contributed by atoms with van der Waals surface area (Å²) in [5.74, 6) is 0. The molecule has 0 heterocycles. The number of alkyl halides is 1. The fourth-order valence-electron chi connectivity index (χ4n) is 8.81. The molecular weight excluding hydrogens is 1480 g/mol. The Hall–Kier alpha value is -3.39. The number of hydrogen-bond donors (Lipinski definition) is 22. The van der Waals surface area contributed by atoms with E-state index in [4.69, 9.17) is 94.1 Å². The summed E-state index contributed by atoms with van der Waals surface area (Å²) in [6, 6.07) is 40.9. The van der Waals surface area contributed by atoms with Crippen molar-refractivity contribution in [1.29, 1.82) is 0 Å². The van der Waals surface area contributed by atoms with Crippen molar-refractivity contribution < 1.29 is 177 Å². The molecule has 0 saturated heterocycles. The molecule has 4 aliphatic carbocycles. The number of phosphoric ester groups is 1. The third kappa shape index (κ3) is 32.3. The van der Waals surface area contributed by atoms with Crippen molar-refractivity contribution in [3.05, 3.63) is 144 Å². The van der Waals surface area contributed by atoms with Gasteiger partial charge in [-0.15, -0.1) is 13.7 Å². The normalized spacial score (nSPS) is 32.6. The average Bonchev–Trinajstić information content (AvgIpc) is 0.787. The zero-order valence-electron chi connectivity index (χ0n) is 53.1. The second-order valence-electron chi connectivity index (χ2n) is 21.1. The Morgan fingerprint density at radius 2 is 0.545 bits per heavy atom. The highest BCUT2D eigenvalue weighted by Crippen LogP contribution is 2.52. The summed E-state index contributed by atoms with van der Waals surface area (Å²) in [7, 11) is -11.5. The lowest BCUT2D eigenvalue weighted by molar-refractivity contribution is -0.238. The monoisotopic (exact) mass is 1560 g/mol. The molecule has 0 spiro atoms. The van der Waals surface area contributed by atoms with E-state index >= 15 is 0 Å². The predicted octanol–water partition coefficient (Wildman–Crippen LogP) is -4.16. The van der Waals surface area contributed by atoms with Crippen LogP contribution in [-0.4, -0.2) is 278 Å². The van der Waals surface area contributed by atoms with Gasteiger partial charge in [-0.1, -0.05) is 144 Å². The molecule has 20 atom stereocenters. The van der Waals surface area contributed by atoms with Crippen molar-refractivity contribution in [3.8, 4) is 0 Å². The number of hydrogen-bond acceptors (Lipinski definition) is 36. The van der Waals surface area contributed by atoms with Crippen LogP contribution < -0.4 is 9.79 Å². The van der Waals surface area contributed by atoms with Gasteiger partial charge < -0.3 is 126 Å². The van der Waals surface area contributed by atoms with E-state index in [2.05, 4.69) is 78.2 Å². The number of benzene rings is 4. The van der Waals surface area contributed by atoms with E-state index in [1.165, 1.54) is 36.1 Å². The van der Waals surface area contributed by atoms with Gasteiger partial charge in [0.25, 0.3) is 0 Å². The fourth-order valence-corrected chi connectivity index (χ4v) is 11.1. The molecular formula is C58H89BrO36P4. The Bertz CT molecular complexity index is 2490. The number of phosphoric acid groups is 1. The van der Waals surface area contributed by atoms with Crippen LogP contribution in [0.15, 0.2) is 121 Å². The third-order valence-electron chi connectivity index (χ3n) is 14.0. The lowest BCUT2D eigenvalue weighted by Gasteiger charge is -2.41. The summed E-state index contributed by atoms with van der Waals surface area (Å²) in [4.78, 5) is 20.4. The molecule has 0 amide bonds. The summed E-state index contributed by atoms with van der Waals surface area (Å²) < 4.78 is 78.4. The smallest absolute Gasteiger partial charge is 0.488 e. The van der Waals surface area contributed by atoms with Gasteiger partial charge in [0.2, 0.25) is 0 Å². The molecule has 0 bridgehead atoms. The van der Waals surface area contributed by atoms with Gasteiger partial charge in [-0.25, -0.2) is 14.4 Å². The molecule has 0 aliphatic heterocycles. The zero-order valence-corrected chi connectivity index (χ0v) is 58.2. The first-order valence-corrected chi connectivity index (χ1v) is 35.2. The number of ether oxygens (including phenoxy) is 2. The molecule has 0 aromatic heterocycles. The second kappa shape index (κ2) is 50.1. The highest BCUT2D eigenvalue weighted by molar-refractivity contribution is 9.09. The van der Waals surface area contributed by atoms with Crippen LogP contribution in [0.4, 0.5) is 0 Å². The molecule has 8 rings (SSSR count). The van der Waals surface area contributed by atoms with E-state index < -0.39 is 180 Å². The first-order valence-electron chi connectivity index (χ1n) is 29.7. The third-order valence-corrected chi connectivity index (χ3v) is 16.6. The first-order chi connectivity index (χ1) is 46.7. The highest BCUT2D eigenvalue weighted by Gasteiger charge is 2.54. The van der Waals surface area contributed by atoms with Crippen molar-refractivity contribution in [2.75, 3.05) is 18.5 Å². The van der Waals surface area contributed by atoms with Crippen LogP contribution in [0.1, 0.15) is 43.0 Å². The Kier molecular flexibility index (Phi) is 47.4. The molecule has 41 heteroatoms. The van der Waals surface area contributed by atoms with E-state index in [-0.39, 0.29) is 13.2 Å². The molecule has 36 nitrogen and oxygen atoms in total. The van der Waals surface area contributed by atoms with Crippen LogP contribution in [0.3, 0.4) is 0 Å². The minimum absolute atomic E-state index is 0.01000. The second-order valence-corrected chi connectivity index (χ2v) is 25.5. The van der Waals surface area contributed by atoms with E-state index in [1.54, 1.807) is 0 Å². The van der Waals surface area contributed by atoms with E-state index in [9.17, 15) is 69.4 Å². The molecule has 4 fully saturated rings. The molecule has 14 unspecified atom stereocenters. The van der Waals surface area contributed by atoms with Gasteiger partial charge in [0, 0.05) is 5.33 Å². The Morgan fingerprint density at radius 1 is 0.374 bits per heavy atom. The highest BCUT2D eigenvalue weighted by atomic mass is 79.9. The molecule has 4 aromatic rings. The first kappa shape index (κ1) is 93.6. The maximum Gasteiger partial charge on any atom is 0.488 e. The van der Waals surface area contributed by atoms with Crippen LogP contribution in [0.2, 0.25) is 0 Å². The summed E-state index contributed by atoms with van der Waals surface area (Å²) >= 11 is 3.15. The Labute approximate surface area is 579 Å². The van der Waals surface area contributed by atoms with Crippen molar-refractivity contribution >= 4 is 48.9 Å². The van der Waals surface area contributed by atoms with Crippen molar-refractivity contribution in [3.63, 3.8) is 0 Å². The summed E-state index contributed by atoms with van der Waals surface area (Å²) in [6.07, 6.45) is -41.6. The lowest BCUT2D eigenvalue weighted by atomic mass is 9.85. The predicted molar refractivity (Wildman–Crippen MR) is 340 cm³/mol. The SMILES string of the molecule is CCBr.CCOP(=O)(OCC)OC1C(O)[C@H](O)C(O)C(O)[C@@H]1O.O=POO.O=[P+]([O-])OC1C(O)[C@H](O)C(O)C(O)[C@@H]1O.O=[P+]([O-])OC1C(O)[C@H](O)C(O)C(O)[C@@H]1O.OC1C(O)C(O)C(O)C(O)C1O.c1ccc(COCc2ccccc2)cc1.c1ccc(COCc2ccccc2)cc1. The van der Waals surface area contributed by atoms with Gasteiger partial charge in [0.1, 0.15) is 134 Å². The van der Waals surface area contributed by atoms with Crippen LogP contribution in [0.5, 0.6) is 0 Å². The lowest BCUT2D eigenvalue weighted by Crippen LogP contribution is -2.64. The molecule has 564 valence electrons. The van der Waals surface area contributed by atoms with Gasteiger partial charge in [-0.3, -0.25) is 13.6 Å². The minimum atomic E-state index is -4.06. The quantitative estimate of drug-likeness (QED) is 0.0183. The molecule has 4 saturated carbocycles. The fraction of sp³-hybridized carbons (Fsp3) is 0.586. The van der Waals surface area contributed by atoms with Crippen molar-refractivity contribution in [2.24, 2.45) is 0 Å². The molecule has 4 aromatic carbocycles. The Morgan fingerprint density at radius 3 is 0.707 bits per heavy atom. The largest absolute Gasteiger partial charge is 0.566 e. The minimum Gasteiger partial charge on any atom is -0.566 e. The number of aliphatic hydroxyl groups is 21. The van der Waals surface area contributed by atoms with Crippen LogP contribution >= 0.6 is 48.9 Å². The molecule has 0 radical (unpaired) electrons. The maximum absolute atomic E-state index is 12.2. The van der Waals surface area contributed by atoms with Gasteiger partial charge in [0.15, 0.2) is 12.2 Å². The Balaban J connectivity index is 0.000000585. The topological polar surface area (TPSA) is 633 Å². The van der Waals surface area contributed by atoms with Crippen molar-refractivity contribution in [2.45, 2.75) is 194 Å². The zero-order chi connectivity index (χ0) is 75.3. The molecule has 4 aliphatic rings. The maximum atomic E-state index is 12.2. The van der Waals surface area contributed by atoms with Crippen LogP contribution in [-0.2, 0) is 81.5 Å². The van der Waals surface area contributed by atoms with Crippen LogP contribution in [0, 0.1) is 0 Å². The standard InChI is InChI=1S/2C14H14O.C10H21O9P.2C6H11O8P.C6H12O6.C2H5Br.HO3P/c2*1-3-7-13(8-4-1)11-15-12-14-9-5-2-6-10-14;1-3-17-20(16,18-4-2)19-10-8(14)6(12)5(11)7(13)9(10)15;2*7-1-2(8)4(10)6(14-15(12)13)5(11)3(1)9;7-1-2(8)4(10)6(12)5(11)3(1)9;1-2-3;1-3-4-2/h2*1-10H,11-12H2;5-15H,3-4H2,1-2H3;2*1-11H;1-12H;2H2,1H3;1H/t;;5?,6-,7?,8?,9+,10?;2*1?,2-,3?,4?,5+,6?;;;/m..111.../s1. The summed E-state index contributed by atoms with van der Waals surface area (Å²) in [5, 5.41) is 202. The van der Waals surface area contributed by atoms with E-state index in [1.807, 2.05) is 79.7 Å². The molecule has 22 N–H and O–H groups in total. The van der Waals surface area contributed by atoms with Gasteiger partial charge in [0.05, 0.1) is 39.6 Å². The molecule has 99 heavy (non-hydrogen) atoms. The number of halogens is 1. The van der Waals surface area contributed by atoms with Gasteiger partial charge in [-0.05, 0) is 45.2 Å². The van der Waals surface area contributed by atoms with E-state index in [0.717, 1.165) is 5.33 Å². The van der Waals surface area contributed by atoms with E-state index in [0.29, 0.717) is 26.4 Å². The summed E-state index contributed by atoms with van der Waals surface area (Å²) in [5.41, 5.74) is 4.86. The van der Waals surface area contributed by atoms with Gasteiger partial charge in [-0.2, -0.15) is 0 Å². The van der Waals surface area contributed by atoms with Gasteiger partial charge >= 0.3 is 33.0 Å². The average molecular weight is 1570 g/mol. The van der Waals surface area contributed by atoms with Crippen LogP contribution in [0.25, 0.3) is 0 Å². The van der Waals surface area contributed by atoms with Crippen molar-refractivity contribution in [1.82, 2.24) is 0 Å². The number of aliphatic hydroxyl groups excluding tert-OH is 21.